The number of amides is 1. The molecular formula is C10H12Cl2N2O2. The first-order valence-corrected chi connectivity index (χ1v) is 5.42. The first-order chi connectivity index (χ1) is 7.63. The Morgan fingerprint density at radius 2 is 2.12 bits per heavy atom. The van der Waals surface area contributed by atoms with Crippen molar-refractivity contribution in [2.75, 3.05) is 13.7 Å². The number of carbonyl (C=O) groups excluding carboxylic acids is 1. The van der Waals surface area contributed by atoms with Crippen LogP contribution in [-0.4, -0.2) is 19.6 Å². The van der Waals surface area contributed by atoms with Crippen LogP contribution in [0, 0.1) is 0 Å². The summed E-state index contributed by atoms with van der Waals surface area (Å²) in [6, 6.07) is 4.96. The predicted molar refractivity (Wildman–Crippen MR) is 63.8 cm³/mol. The predicted octanol–water partition coefficient (Wildman–Crippen LogP) is 2.01. The SMILES string of the molecule is CNNC(=O)CCOc1ccc(Cl)c(Cl)c1. The first kappa shape index (κ1) is 13.1. The molecular weight excluding hydrogens is 251 g/mol. The van der Waals surface area contributed by atoms with Crippen molar-refractivity contribution in [1.29, 1.82) is 0 Å². The van der Waals surface area contributed by atoms with E-state index >= 15 is 0 Å². The smallest absolute Gasteiger partial charge is 0.237 e. The second-order valence-corrected chi connectivity index (χ2v) is 3.79. The molecule has 0 heterocycles. The van der Waals surface area contributed by atoms with Crippen LogP contribution < -0.4 is 15.6 Å². The maximum absolute atomic E-state index is 11.1. The lowest BCUT2D eigenvalue weighted by atomic mass is 10.3. The molecule has 16 heavy (non-hydrogen) atoms. The van der Waals surface area contributed by atoms with Crippen molar-refractivity contribution in [3.63, 3.8) is 0 Å². The topological polar surface area (TPSA) is 50.4 Å². The minimum atomic E-state index is -0.137. The summed E-state index contributed by atoms with van der Waals surface area (Å²) in [4.78, 5) is 11.1. The molecule has 88 valence electrons. The quantitative estimate of drug-likeness (QED) is 0.799. The summed E-state index contributed by atoms with van der Waals surface area (Å²) in [5.41, 5.74) is 4.98. The molecule has 1 rings (SSSR count). The highest BCUT2D eigenvalue weighted by atomic mass is 35.5. The second kappa shape index (κ2) is 6.58. The van der Waals surface area contributed by atoms with Crippen LogP contribution in [0.3, 0.4) is 0 Å². The molecule has 0 bridgehead atoms. The molecule has 0 radical (unpaired) electrons. The third kappa shape index (κ3) is 4.26. The van der Waals surface area contributed by atoms with Crippen molar-refractivity contribution >= 4 is 29.1 Å². The highest BCUT2D eigenvalue weighted by Gasteiger charge is 2.02. The third-order valence-electron chi connectivity index (χ3n) is 1.75. The Kier molecular flexibility index (Phi) is 5.38. The van der Waals surface area contributed by atoms with E-state index < -0.39 is 0 Å². The Labute approximate surface area is 104 Å². The molecule has 0 aromatic heterocycles. The van der Waals surface area contributed by atoms with Crippen LogP contribution in [0.1, 0.15) is 6.42 Å². The molecule has 0 aliphatic heterocycles. The van der Waals surface area contributed by atoms with Gasteiger partial charge in [-0.1, -0.05) is 23.2 Å². The summed E-state index contributed by atoms with van der Waals surface area (Å²) >= 11 is 11.6. The van der Waals surface area contributed by atoms with Crippen LogP contribution in [0.15, 0.2) is 18.2 Å². The van der Waals surface area contributed by atoms with E-state index in [9.17, 15) is 4.79 Å². The Morgan fingerprint density at radius 1 is 1.38 bits per heavy atom. The molecule has 0 saturated heterocycles. The number of benzene rings is 1. The fourth-order valence-corrected chi connectivity index (χ4v) is 1.32. The van der Waals surface area contributed by atoms with E-state index in [1.165, 1.54) is 0 Å². The minimum Gasteiger partial charge on any atom is -0.493 e. The standard InChI is InChI=1S/C10H12Cl2N2O2/c1-13-14-10(15)4-5-16-7-2-3-8(11)9(12)6-7/h2-3,6,13H,4-5H2,1H3,(H,14,15). The van der Waals surface area contributed by atoms with Crippen molar-refractivity contribution in [1.82, 2.24) is 10.9 Å². The van der Waals surface area contributed by atoms with Gasteiger partial charge in [0.05, 0.1) is 23.1 Å². The fraction of sp³-hybridized carbons (Fsp3) is 0.300. The van der Waals surface area contributed by atoms with Gasteiger partial charge in [-0.2, -0.15) is 0 Å². The number of hydrazine groups is 1. The van der Waals surface area contributed by atoms with Gasteiger partial charge in [0.15, 0.2) is 0 Å². The summed E-state index contributed by atoms with van der Waals surface area (Å²) in [7, 11) is 1.62. The van der Waals surface area contributed by atoms with Gasteiger partial charge >= 0.3 is 0 Å². The Bertz CT molecular complexity index is 372. The van der Waals surface area contributed by atoms with E-state index in [1.807, 2.05) is 0 Å². The van der Waals surface area contributed by atoms with Crippen LogP contribution in [0.25, 0.3) is 0 Å². The van der Waals surface area contributed by atoms with E-state index in [4.69, 9.17) is 27.9 Å². The van der Waals surface area contributed by atoms with E-state index in [-0.39, 0.29) is 18.9 Å². The van der Waals surface area contributed by atoms with Crippen molar-refractivity contribution in [3.8, 4) is 5.75 Å². The molecule has 6 heteroatoms. The molecule has 4 nitrogen and oxygen atoms in total. The largest absolute Gasteiger partial charge is 0.493 e. The molecule has 0 aliphatic carbocycles. The zero-order chi connectivity index (χ0) is 12.0. The average molecular weight is 263 g/mol. The molecule has 2 N–H and O–H groups in total. The van der Waals surface area contributed by atoms with Gasteiger partial charge in [0.2, 0.25) is 5.91 Å². The molecule has 0 unspecified atom stereocenters. The molecule has 0 saturated carbocycles. The highest BCUT2D eigenvalue weighted by molar-refractivity contribution is 6.42. The van der Waals surface area contributed by atoms with E-state index in [0.717, 1.165) is 0 Å². The minimum absolute atomic E-state index is 0.137. The zero-order valence-corrected chi connectivity index (χ0v) is 10.2. The molecule has 0 atom stereocenters. The molecule has 1 aromatic rings. The lowest BCUT2D eigenvalue weighted by Crippen LogP contribution is -2.34. The summed E-state index contributed by atoms with van der Waals surface area (Å²) in [5.74, 6) is 0.453. The maximum atomic E-state index is 11.1. The fourth-order valence-electron chi connectivity index (χ4n) is 1.03. The van der Waals surface area contributed by atoms with Crippen molar-refractivity contribution in [2.45, 2.75) is 6.42 Å². The molecule has 1 aromatic carbocycles. The Morgan fingerprint density at radius 3 is 2.75 bits per heavy atom. The molecule has 1 amide bonds. The third-order valence-corrected chi connectivity index (χ3v) is 2.49. The molecule has 0 aliphatic rings. The summed E-state index contributed by atoms with van der Waals surface area (Å²) in [5, 5.41) is 0.904. The number of rotatable bonds is 5. The van der Waals surface area contributed by atoms with Gasteiger partial charge in [-0.3, -0.25) is 10.2 Å². The van der Waals surface area contributed by atoms with Crippen molar-refractivity contribution in [2.24, 2.45) is 0 Å². The van der Waals surface area contributed by atoms with Crippen LogP contribution in [0.5, 0.6) is 5.75 Å². The van der Waals surface area contributed by atoms with E-state index in [2.05, 4.69) is 10.9 Å². The number of nitrogens with one attached hydrogen (secondary N) is 2. The Hall–Kier alpha value is -0.970. The second-order valence-electron chi connectivity index (χ2n) is 2.97. The lowest BCUT2D eigenvalue weighted by Gasteiger charge is -2.07. The van der Waals surface area contributed by atoms with Crippen molar-refractivity contribution in [3.05, 3.63) is 28.2 Å². The lowest BCUT2D eigenvalue weighted by molar-refractivity contribution is -0.122. The highest BCUT2D eigenvalue weighted by Crippen LogP contribution is 2.26. The van der Waals surface area contributed by atoms with Crippen LogP contribution in [0.4, 0.5) is 0 Å². The van der Waals surface area contributed by atoms with Gasteiger partial charge in [0.1, 0.15) is 5.75 Å². The first-order valence-electron chi connectivity index (χ1n) is 4.67. The average Bonchev–Trinajstić information content (AvgIpc) is 2.24. The van der Waals surface area contributed by atoms with Gasteiger partial charge in [-0.05, 0) is 12.1 Å². The van der Waals surface area contributed by atoms with Gasteiger partial charge in [0.25, 0.3) is 0 Å². The van der Waals surface area contributed by atoms with Gasteiger partial charge < -0.3 is 4.74 Å². The number of hydrogen-bond donors (Lipinski definition) is 2. The van der Waals surface area contributed by atoms with Crippen molar-refractivity contribution < 1.29 is 9.53 Å². The van der Waals surface area contributed by atoms with Gasteiger partial charge in [-0.15, -0.1) is 0 Å². The van der Waals surface area contributed by atoms with Crippen LogP contribution in [0.2, 0.25) is 10.0 Å². The number of hydrogen-bond acceptors (Lipinski definition) is 3. The molecule has 0 spiro atoms. The normalized spacial score (nSPS) is 9.94. The monoisotopic (exact) mass is 262 g/mol. The summed E-state index contributed by atoms with van der Waals surface area (Å²) in [6.07, 6.45) is 0.265. The molecule has 0 fully saturated rings. The maximum Gasteiger partial charge on any atom is 0.237 e. The number of carbonyl (C=O) groups is 1. The number of ether oxygens (including phenoxy) is 1. The zero-order valence-electron chi connectivity index (χ0n) is 8.72. The van der Waals surface area contributed by atoms with Gasteiger partial charge in [0, 0.05) is 13.1 Å². The summed E-state index contributed by atoms with van der Waals surface area (Å²) in [6.45, 7) is 0.283. The Balaban J connectivity index is 2.37. The van der Waals surface area contributed by atoms with E-state index in [0.29, 0.717) is 15.8 Å². The van der Waals surface area contributed by atoms with E-state index in [1.54, 1.807) is 25.2 Å². The van der Waals surface area contributed by atoms with Crippen LogP contribution in [-0.2, 0) is 4.79 Å². The number of halogens is 2. The van der Waals surface area contributed by atoms with Gasteiger partial charge in [-0.25, -0.2) is 5.43 Å². The summed E-state index contributed by atoms with van der Waals surface area (Å²) < 4.78 is 5.33. The van der Waals surface area contributed by atoms with Crippen LogP contribution >= 0.6 is 23.2 Å².